The molecule has 1 fully saturated rings. The zero-order valence-electron chi connectivity index (χ0n) is 21.0. The van der Waals surface area contributed by atoms with Crippen molar-refractivity contribution in [2.24, 2.45) is 0 Å². The van der Waals surface area contributed by atoms with Crippen molar-refractivity contribution in [1.29, 1.82) is 0 Å². The first-order chi connectivity index (χ1) is 18.1. The van der Waals surface area contributed by atoms with E-state index in [1.54, 1.807) is 23.2 Å². The van der Waals surface area contributed by atoms with Gasteiger partial charge in [0.1, 0.15) is 30.5 Å². The Labute approximate surface area is 216 Å². The molecule has 2 aromatic carbocycles. The number of aromatic nitrogens is 1. The molecule has 0 atom stereocenters. The minimum atomic E-state index is -0.332. The van der Waals surface area contributed by atoms with Crippen molar-refractivity contribution in [3.63, 3.8) is 0 Å². The fraction of sp³-hybridized carbons (Fsp3) is 0.357. The largest absolute Gasteiger partial charge is 0.508 e. The lowest BCUT2D eigenvalue weighted by atomic mass is 9.92. The molecule has 37 heavy (non-hydrogen) atoms. The Balaban J connectivity index is 1.27. The Morgan fingerprint density at radius 2 is 1.68 bits per heavy atom. The summed E-state index contributed by atoms with van der Waals surface area (Å²) in [5, 5.41) is 9.65. The molecule has 0 saturated carbocycles. The van der Waals surface area contributed by atoms with E-state index in [9.17, 15) is 9.90 Å². The van der Waals surface area contributed by atoms with Gasteiger partial charge >= 0.3 is 6.09 Å². The standard InChI is InChI=1S/C28H33N3O6/c1-2-24-25(19-30-27(29)26(24)21-3-7-22(32)8-4-21)20-5-9-23(10-6-20)36-17-15-35-16-18-37-28(33)31-11-13-34-14-12-31/h3-10,19,32H,2,11-18H2,1H3,(H2,29,30). The molecule has 0 aliphatic carbocycles. The van der Waals surface area contributed by atoms with Crippen LogP contribution in [0.1, 0.15) is 12.5 Å². The first kappa shape index (κ1) is 26.2. The van der Waals surface area contributed by atoms with E-state index in [4.69, 9.17) is 24.7 Å². The maximum absolute atomic E-state index is 11.9. The summed E-state index contributed by atoms with van der Waals surface area (Å²) in [4.78, 5) is 18.0. The van der Waals surface area contributed by atoms with Crippen molar-refractivity contribution in [3.05, 3.63) is 60.3 Å². The summed E-state index contributed by atoms with van der Waals surface area (Å²) in [6, 6.07) is 14.8. The molecule has 0 unspecified atom stereocenters. The summed E-state index contributed by atoms with van der Waals surface area (Å²) < 4.78 is 21.7. The van der Waals surface area contributed by atoms with E-state index in [0.29, 0.717) is 51.9 Å². The van der Waals surface area contributed by atoms with Crippen LogP contribution in [0.5, 0.6) is 11.5 Å². The third-order valence-corrected chi connectivity index (χ3v) is 6.11. The van der Waals surface area contributed by atoms with Gasteiger partial charge in [-0.15, -0.1) is 0 Å². The molecule has 2 heterocycles. The maximum atomic E-state index is 11.9. The highest BCUT2D eigenvalue weighted by Gasteiger charge is 2.18. The Kier molecular flexibility index (Phi) is 9.18. The van der Waals surface area contributed by atoms with Crippen LogP contribution in [0, 0.1) is 0 Å². The average molecular weight is 508 g/mol. The van der Waals surface area contributed by atoms with Gasteiger partial charge in [0.2, 0.25) is 0 Å². The van der Waals surface area contributed by atoms with E-state index in [1.807, 2.05) is 36.4 Å². The average Bonchev–Trinajstić information content (AvgIpc) is 2.93. The van der Waals surface area contributed by atoms with Crippen LogP contribution in [0.3, 0.4) is 0 Å². The second-order valence-electron chi connectivity index (χ2n) is 8.51. The number of nitrogens with zero attached hydrogens (tertiary/aromatic N) is 2. The number of morpholine rings is 1. The van der Waals surface area contributed by atoms with Gasteiger partial charge in [0.15, 0.2) is 0 Å². The third kappa shape index (κ3) is 6.90. The van der Waals surface area contributed by atoms with Gasteiger partial charge < -0.3 is 34.7 Å². The lowest BCUT2D eigenvalue weighted by molar-refractivity contribution is 0.0135. The lowest BCUT2D eigenvalue weighted by Gasteiger charge is -2.25. The minimum Gasteiger partial charge on any atom is -0.508 e. The van der Waals surface area contributed by atoms with E-state index < -0.39 is 0 Å². The third-order valence-electron chi connectivity index (χ3n) is 6.11. The number of carbonyl (C=O) groups is 1. The van der Waals surface area contributed by atoms with E-state index in [0.717, 1.165) is 40.0 Å². The number of nitrogen functional groups attached to an aromatic ring is 1. The number of pyridine rings is 1. The van der Waals surface area contributed by atoms with Crippen LogP contribution < -0.4 is 10.5 Å². The molecule has 3 N–H and O–H groups in total. The maximum Gasteiger partial charge on any atom is 0.409 e. The number of hydrogen-bond acceptors (Lipinski definition) is 8. The second-order valence-corrected chi connectivity index (χ2v) is 8.51. The summed E-state index contributed by atoms with van der Waals surface area (Å²) in [6.45, 7) is 5.56. The number of hydrogen-bond donors (Lipinski definition) is 2. The fourth-order valence-electron chi connectivity index (χ4n) is 4.21. The van der Waals surface area contributed by atoms with Crippen LogP contribution in [0.4, 0.5) is 10.6 Å². The van der Waals surface area contributed by atoms with Crippen molar-refractivity contribution in [1.82, 2.24) is 9.88 Å². The molecule has 1 aromatic heterocycles. The van der Waals surface area contributed by atoms with Crippen LogP contribution in [0.15, 0.2) is 54.7 Å². The van der Waals surface area contributed by atoms with Gasteiger partial charge in [0.25, 0.3) is 0 Å². The molecule has 9 heteroatoms. The molecule has 0 radical (unpaired) electrons. The van der Waals surface area contributed by atoms with Crippen LogP contribution >= 0.6 is 0 Å². The monoisotopic (exact) mass is 507 g/mol. The molecular weight excluding hydrogens is 474 g/mol. The number of phenols is 1. The topological polar surface area (TPSA) is 116 Å². The number of aromatic hydroxyl groups is 1. The number of rotatable bonds is 10. The summed E-state index contributed by atoms with van der Waals surface area (Å²) in [7, 11) is 0. The Morgan fingerprint density at radius 3 is 2.38 bits per heavy atom. The predicted octanol–water partition coefficient (Wildman–Crippen LogP) is 4.13. The van der Waals surface area contributed by atoms with Gasteiger partial charge in [-0.05, 0) is 47.4 Å². The minimum absolute atomic E-state index is 0.201. The zero-order chi connectivity index (χ0) is 26.0. The highest BCUT2D eigenvalue weighted by molar-refractivity contribution is 5.84. The zero-order valence-corrected chi connectivity index (χ0v) is 21.0. The molecule has 4 rings (SSSR count). The Bertz CT molecular complexity index is 1160. The van der Waals surface area contributed by atoms with Gasteiger partial charge in [-0.1, -0.05) is 31.2 Å². The van der Waals surface area contributed by atoms with Crippen LogP contribution in [-0.4, -0.2) is 73.8 Å². The molecule has 196 valence electrons. The second kappa shape index (κ2) is 12.9. The van der Waals surface area contributed by atoms with Gasteiger partial charge in [-0.25, -0.2) is 9.78 Å². The number of nitrogens with two attached hydrogens (primary N) is 1. The van der Waals surface area contributed by atoms with Gasteiger partial charge in [-0.3, -0.25) is 0 Å². The van der Waals surface area contributed by atoms with Crippen LogP contribution in [0.2, 0.25) is 0 Å². The van der Waals surface area contributed by atoms with Crippen molar-refractivity contribution < 1.29 is 28.8 Å². The fourth-order valence-corrected chi connectivity index (χ4v) is 4.21. The smallest absolute Gasteiger partial charge is 0.409 e. The molecule has 9 nitrogen and oxygen atoms in total. The number of benzene rings is 2. The highest BCUT2D eigenvalue weighted by atomic mass is 16.6. The summed E-state index contributed by atoms with van der Waals surface area (Å²) >= 11 is 0. The quantitative estimate of drug-likeness (QED) is 0.394. The van der Waals surface area contributed by atoms with Crippen molar-refractivity contribution in [2.75, 3.05) is 58.5 Å². The number of amides is 1. The molecule has 0 spiro atoms. The Morgan fingerprint density at radius 1 is 1.00 bits per heavy atom. The summed E-state index contributed by atoms with van der Waals surface area (Å²) in [5.74, 6) is 1.39. The molecule has 1 aliphatic rings. The first-order valence-corrected chi connectivity index (χ1v) is 12.4. The number of phenolic OH excluding ortho intramolecular Hbond substituents is 1. The van der Waals surface area contributed by atoms with Gasteiger partial charge in [0.05, 0.1) is 26.4 Å². The lowest BCUT2D eigenvalue weighted by Crippen LogP contribution is -2.41. The molecule has 1 aliphatic heterocycles. The van der Waals surface area contributed by atoms with E-state index >= 15 is 0 Å². The number of carbonyl (C=O) groups excluding carboxylic acids is 1. The summed E-state index contributed by atoms with van der Waals surface area (Å²) in [6.07, 6.45) is 2.24. The van der Waals surface area contributed by atoms with Crippen molar-refractivity contribution >= 4 is 11.9 Å². The molecular formula is C28H33N3O6. The number of ether oxygens (including phenoxy) is 4. The summed E-state index contributed by atoms with van der Waals surface area (Å²) in [5.41, 5.74) is 11.1. The van der Waals surface area contributed by atoms with E-state index in [1.165, 1.54) is 0 Å². The molecule has 1 amide bonds. The van der Waals surface area contributed by atoms with E-state index in [2.05, 4.69) is 11.9 Å². The highest BCUT2D eigenvalue weighted by Crippen LogP contribution is 2.36. The van der Waals surface area contributed by atoms with Crippen molar-refractivity contribution in [2.45, 2.75) is 13.3 Å². The number of anilines is 1. The molecule has 3 aromatic rings. The van der Waals surface area contributed by atoms with E-state index in [-0.39, 0.29) is 18.4 Å². The predicted molar refractivity (Wildman–Crippen MR) is 141 cm³/mol. The van der Waals surface area contributed by atoms with Gasteiger partial charge in [-0.2, -0.15) is 0 Å². The van der Waals surface area contributed by atoms with Crippen LogP contribution in [-0.2, 0) is 20.6 Å². The first-order valence-electron chi connectivity index (χ1n) is 12.4. The Hall–Kier alpha value is -3.82. The van der Waals surface area contributed by atoms with Crippen LogP contribution in [0.25, 0.3) is 22.3 Å². The normalized spacial score (nSPS) is 13.4. The SMILES string of the molecule is CCc1c(-c2ccc(OCCOCCOC(=O)N3CCOCC3)cc2)cnc(N)c1-c1ccc(O)cc1. The van der Waals surface area contributed by atoms with Gasteiger partial charge in [0, 0.05) is 30.4 Å². The van der Waals surface area contributed by atoms with Crippen molar-refractivity contribution in [3.8, 4) is 33.8 Å². The molecule has 1 saturated heterocycles. The molecule has 0 bridgehead atoms.